The molecule has 0 saturated heterocycles. The van der Waals surface area contributed by atoms with E-state index in [1.54, 1.807) is 0 Å². The maximum absolute atomic E-state index is 10.6. The first-order chi connectivity index (χ1) is 5.22. The SMILES string of the molecule is CCCCNC(CC)[P+](=O)O. The highest BCUT2D eigenvalue weighted by Gasteiger charge is 2.25. The van der Waals surface area contributed by atoms with Crippen molar-refractivity contribution < 1.29 is 9.46 Å². The maximum Gasteiger partial charge on any atom is 0.524 e. The average molecular weight is 178 g/mol. The molecule has 0 aromatic carbocycles. The van der Waals surface area contributed by atoms with E-state index in [0.29, 0.717) is 0 Å². The summed E-state index contributed by atoms with van der Waals surface area (Å²) >= 11 is 0. The van der Waals surface area contributed by atoms with Crippen molar-refractivity contribution in [2.24, 2.45) is 0 Å². The molecule has 0 bridgehead atoms. The van der Waals surface area contributed by atoms with Crippen LogP contribution in [0.2, 0.25) is 0 Å². The van der Waals surface area contributed by atoms with Crippen LogP contribution < -0.4 is 5.32 Å². The molecular formula is C7H17NO2P+. The second-order valence-corrected chi connectivity index (χ2v) is 3.76. The van der Waals surface area contributed by atoms with E-state index in [-0.39, 0.29) is 5.78 Å². The molecule has 0 aliphatic carbocycles. The van der Waals surface area contributed by atoms with Crippen LogP contribution in [-0.2, 0) is 4.57 Å². The molecule has 0 aromatic heterocycles. The van der Waals surface area contributed by atoms with Gasteiger partial charge in [0.1, 0.15) is 0 Å². The molecule has 4 heteroatoms. The van der Waals surface area contributed by atoms with Crippen LogP contribution in [0.15, 0.2) is 0 Å². The molecule has 2 atom stereocenters. The smallest absolute Gasteiger partial charge is 0.271 e. The highest BCUT2D eigenvalue weighted by atomic mass is 31.1. The Kier molecular flexibility index (Phi) is 6.73. The van der Waals surface area contributed by atoms with E-state index in [1.165, 1.54) is 0 Å². The van der Waals surface area contributed by atoms with E-state index in [1.807, 2.05) is 6.92 Å². The van der Waals surface area contributed by atoms with E-state index < -0.39 is 8.03 Å². The highest BCUT2D eigenvalue weighted by Crippen LogP contribution is 2.22. The number of nitrogens with one attached hydrogen (secondary N) is 1. The first-order valence-electron chi connectivity index (χ1n) is 4.11. The van der Waals surface area contributed by atoms with Crippen molar-refractivity contribution >= 4 is 8.03 Å². The standard InChI is InChI=1S/C7H16NO2P/c1-3-5-6-8-7(4-2)11(9)10/h7-8H,3-6H2,1-2H3/p+1. The van der Waals surface area contributed by atoms with E-state index in [9.17, 15) is 4.57 Å². The van der Waals surface area contributed by atoms with Crippen molar-refractivity contribution in [2.75, 3.05) is 6.54 Å². The molecular weight excluding hydrogens is 161 g/mol. The Bertz CT molecular complexity index is 119. The monoisotopic (exact) mass is 178 g/mol. The maximum atomic E-state index is 10.6. The lowest BCUT2D eigenvalue weighted by Crippen LogP contribution is -2.25. The van der Waals surface area contributed by atoms with Crippen molar-refractivity contribution in [1.29, 1.82) is 0 Å². The lowest BCUT2D eigenvalue weighted by Gasteiger charge is -2.03. The Morgan fingerprint density at radius 3 is 2.55 bits per heavy atom. The molecule has 0 aromatic rings. The van der Waals surface area contributed by atoms with Gasteiger partial charge in [-0.05, 0) is 17.5 Å². The van der Waals surface area contributed by atoms with Crippen LogP contribution in [0.5, 0.6) is 0 Å². The summed E-state index contributed by atoms with van der Waals surface area (Å²) in [7, 11) is -2.04. The lowest BCUT2D eigenvalue weighted by molar-refractivity contribution is 0.464. The van der Waals surface area contributed by atoms with Gasteiger partial charge < -0.3 is 0 Å². The minimum atomic E-state index is -2.04. The third kappa shape index (κ3) is 5.31. The molecule has 0 amide bonds. The van der Waals surface area contributed by atoms with Crippen LogP contribution in [0.4, 0.5) is 0 Å². The summed E-state index contributed by atoms with van der Waals surface area (Å²) in [5, 5.41) is 3.04. The fourth-order valence-corrected chi connectivity index (χ4v) is 1.42. The highest BCUT2D eigenvalue weighted by molar-refractivity contribution is 7.38. The number of hydrogen-bond donors (Lipinski definition) is 2. The van der Waals surface area contributed by atoms with Gasteiger partial charge in [-0.1, -0.05) is 20.3 Å². The molecule has 0 spiro atoms. The quantitative estimate of drug-likeness (QED) is 0.482. The Labute approximate surface area is 69.1 Å². The first kappa shape index (κ1) is 11.0. The molecule has 66 valence electrons. The number of hydrogen-bond acceptors (Lipinski definition) is 2. The molecule has 11 heavy (non-hydrogen) atoms. The summed E-state index contributed by atoms with van der Waals surface area (Å²) in [5.74, 6) is -0.212. The van der Waals surface area contributed by atoms with Gasteiger partial charge in [0.05, 0.1) is 0 Å². The van der Waals surface area contributed by atoms with Crippen LogP contribution in [0.1, 0.15) is 33.1 Å². The molecule has 0 fully saturated rings. The van der Waals surface area contributed by atoms with Gasteiger partial charge in [-0.25, -0.2) is 0 Å². The van der Waals surface area contributed by atoms with Gasteiger partial charge in [0.15, 0.2) is 0 Å². The van der Waals surface area contributed by atoms with E-state index >= 15 is 0 Å². The fraction of sp³-hybridized carbons (Fsp3) is 1.00. The van der Waals surface area contributed by atoms with Gasteiger partial charge >= 0.3 is 8.03 Å². The second kappa shape index (κ2) is 6.71. The van der Waals surface area contributed by atoms with Crippen molar-refractivity contribution in [2.45, 2.75) is 38.9 Å². The Balaban J connectivity index is 3.44. The second-order valence-electron chi connectivity index (χ2n) is 2.53. The fourth-order valence-electron chi connectivity index (χ4n) is 0.824. The van der Waals surface area contributed by atoms with Crippen LogP contribution >= 0.6 is 8.03 Å². The zero-order valence-electron chi connectivity index (χ0n) is 7.21. The number of unbranched alkanes of at least 4 members (excludes halogenated alkanes) is 1. The molecule has 0 aliphatic rings. The summed E-state index contributed by atoms with van der Waals surface area (Å²) in [6.45, 7) is 4.85. The molecule has 3 nitrogen and oxygen atoms in total. The topological polar surface area (TPSA) is 49.3 Å². The van der Waals surface area contributed by atoms with Gasteiger partial charge in [0.25, 0.3) is 0 Å². The Morgan fingerprint density at radius 1 is 1.55 bits per heavy atom. The molecule has 0 heterocycles. The van der Waals surface area contributed by atoms with Crippen molar-refractivity contribution in [3.63, 3.8) is 0 Å². The summed E-state index contributed by atoms with van der Waals surface area (Å²) in [6, 6.07) is 0. The summed E-state index contributed by atoms with van der Waals surface area (Å²) < 4.78 is 10.6. The third-order valence-corrected chi connectivity index (χ3v) is 2.64. The van der Waals surface area contributed by atoms with Crippen LogP contribution in [0.3, 0.4) is 0 Å². The zero-order valence-corrected chi connectivity index (χ0v) is 8.10. The Hall–Kier alpha value is 0.0200. The average Bonchev–Trinajstić information content (AvgIpc) is 1.97. The predicted octanol–water partition coefficient (Wildman–Crippen LogP) is 1.85. The van der Waals surface area contributed by atoms with E-state index in [0.717, 1.165) is 25.8 Å². The van der Waals surface area contributed by atoms with E-state index in [2.05, 4.69) is 12.2 Å². The van der Waals surface area contributed by atoms with Gasteiger partial charge in [0, 0.05) is 6.42 Å². The van der Waals surface area contributed by atoms with Crippen molar-refractivity contribution in [3.8, 4) is 0 Å². The van der Waals surface area contributed by atoms with E-state index in [4.69, 9.17) is 4.89 Å². The van der Waals surface area contributed by atoms with Gasteiger partial charge in [0.2, 0.25) is 5.78 Å². The minimum Gasteiger partial charge on any atom is -0.271 e. The molecule has 0 aliphatic heterocycles. The Morgan fingerprint density at radius 2 is 2.18 bits per heavy atom. The van der Waals surface area contributed by atoms with Gasteiger partial charge in [-0.15, -0.1) is 0 Å². The third-order valence-electron chi connectivity index (χ3n) is 1.56. The van der Waals surface area contributed by atoms with Crippen molar-refractivity contribution in [1.82, 2.24) is 5.32 Å². The van der Waals surface area contributed by atoms with Crippen molar-refractivity contribution in [3.05, 3.63) is 0 Å². The summed E-state index contributed by atoms with van der Waals surface area (Å²) in [6.07, 6.45) is 2.90. The molecule has 0 saturated carbocycles. The van der Waals surface area contributed by atoms with Crippen LogP contribution in [-0.4, -0.2) is 17.2 Å². The normalized spacial score (nSPS) is 14.6. The minimum absolute atomic E-state index is 0.212. The predicted molar refractivity (Wildman–Crippen MR) is 46.8 cm³/mol. The van der Waals surface area contributed by atoms with Gasteiger partial charge in [-0.2, -0.15) is 4.89 Å². The van der Waals surface area contributed by atoms with Gasteiger partial charge in [-0.3, -0.25) is 5.32 Å². The lowest BCUT2D eigenvalue weighted by atomic mass is 10.3. The molecule has 0 rings (SSSR count). The van der Waals surface area contributed by atoms with Crippen LogP contribution in [0.25, 0.3) is 0 Å². The molecule has 2 unspecified atom stereocenters. The first-order valence-corrected chi connectivity index (χ1v) is 5.39. The largest absolute Gasteiger partial charge is 0.524 e. The van der Waals surface area contributed by atoms with Crippen LogP contribution in [0, 0.1) is 0 Å². The number of rotatable bonds is 6. The zero-order chi connectivity index (χ0) is 8.69. The summed E-state index contributed by atoms with van der Waals surface area (Å²) in [4.78, 5) is 8.76. The summed E-state index contributed by atoms with van der Waals surface area (Å²) in [5.41, 5.74) is 0. The molecule has 2 N–H and O–H groups in total. The molecule has 0 radical (unpaired) electrons.